The number of rotatable bonds is 2. The van der Waals surface area contributed by atoms with Crippen LogP contribution in [-0.2, 0) is 0 Å². The normalized spacial score (nSPS) is 10.4. The molecule has 2 aromatic heterocycles. The Morgan fingerprint density at radius 2 is 2.36 bits per heavy atom. The number of aryl methyl sites for hydroxylation is 1. The van der Waals surface area contributed by atoms with Gasteiger partial charge in [-0.15, -0.1) is 11.3 Å². The molecule has 72 valence electrons. The average Bonchev–Trinajstić information content (AvgIpc) is 2.56. The zero-order valence-electron chi connectivity index (χ0n) is 7.27. The van der Waals surface area contributed by atoms with Crippen LogP contribution in [-0.4, -0.2) is 15.0 Å². The standard InChI is InChI=1S/C8H6BrN3S2/c1-5-3-13-8(12-5)14-7-6(9)2-10-4-11-7/h2-4H,1H3. The van der Waals surface area contributed by atoms with Crippen molar-refractivity contribution in [3.63, 3.8) is 0 Å². The molecule has 2 rings (SSSR count). The second-order valence-electron chi connectivity index (χ2n) is 2.53. The highest BCUT2D eigenvalue weighted by atomic mass is 79.9. The Hall–Kier alpha value is -0.460. The fourth-order valence-electron chi connectivity index (χ4n) is 0.838. The van der Waals surface area contributed by atoms with Gasteiger partial charge in [-0.25, -0.2) is 15.0 Å². The summed E-state index contributed by atoms with van der Waals surface area (Å²) in [6, 6.07) is 0. The van der Waals surface area contributed by atoms with Crippen molar-refractivity contribution in [1.82, 2.24) is 15.0 Å². The maximum Gasteiger partial charge on any atom is 0.156 e. The Morgan fingerprint density at radius 3 is 3.00 bits per heavy atom. The summed E-state index contributed by atoms with van der Waals surface area (Å²) in [6.45, 7) is 1.98. The van der Waals surface area contributed by atoms with Crippen molar-refractivity contribution in [2.75, 3.05) is 0 Å². The number of aromatic nitrogens is 3. The fraction of sp³-hybridized carbons (Fsp3) is 0.125. The summed E-state index contributed by atoms with van der Waals surface area (Å²) in [5, 5.41) is 2.92. The molecule has 3 nitrogen and oxygen atoms in total. The summed E-state index contributed by atoms with van der Waals surface area (Å²) in [4.78, 5) is 12.4. The third kappa shape index (κ3) is 2.31. The van der Waals surface area contributed by atoms with Crippen LogP contribution in [0.3, 0.4) is 0 Å². The van der Waals surface area contributed by atoms with Crippen LogP contribution >= 0.6 is 39.0 Å². The number of hydrogen-bond donors (Lipinski definition) is 0. The maximum atomic E-state index is 4.35. The van der Waals surface area contributed by atoms with Crippen LogP contribution in [0, 0.1) is 6.92 Å². The molecule has 0 amide bonds. The van der Waals surface area contributed by atoms with Gasteiger partial charge in [0.15, 0.2) is 4.34 Å². The minimum atomic E-state index is 0.898. The maximum absolute atomic E-state index is 4.35. The van der Waals surface area contributed by atoms with Crippen molar-refractivity contribution in [1.29, 1.82) is 0 Å². The quantitative estimate of drug-likeness (QED) is 0.796. The predicted octanol–water partition coefficient (Wildman–Crippen LogP) is 3.16. The van der Waals surface area contributed by atoms with E-state index >= 15 is 0 Å². The predicted molar refractivity (Wildman–Crippen MR) is 60.7 cm³/mol. The van der Waals surface area contributed by atoms with Crippen LogP contribution < -0.4 is 0 Å². The van der Waals surface area contributed by atoms with Gasteiger partial charge in [-0.3, -0.25) is 0 Å². The van der Waals surface area contributed by atoms with E-state index < -0.39 is 0 Å². The van der Waals surface area contributed by atoms with E-state index in [2.05, 4.69) is 30.9 Å². The number of nitrogens with zero attached hydrogens (tertiary/aromatic N) is 3. The molecular weight excluding hydrogens is 282 g/mol. The van der Waals surface area contributed by atoms with Gasteiger partial charge in [-0.2, -0.15) is 0 Å². The Balaban J connectivity index is 2.23. The number of hydrogen-bond acceptors (Lipinski definition) is 5. The van der Waals surface area contributed by atoms with E-state index in [1.165, 1.54) is 6.33 Å². The molecule has 0 aliphatic rings. The zero-order valence-corrected chi connectivity index (χ0v) is 10.5. The molecule has 2 aromatic rings. The van der Waals surface area contributed by atoms with E-state index in [0.717, 1.165) is 19.5 Å². The molecule has 0 saturated carbocycles. The summed E-state index contributed by atoms with van der Waals surface area (Å²) in [5.41, 5.74) is 1.04. The van der Waals surface area contributed by atoms with Gasteiger partial charge in [0.05, 0.1) is 4.47 Å². The van der Waals surface area contributed by atoms with Gasteiger partial charge in [0, 0.05) is 17.3 Å². The van der Waals surface area contributed by atoms with Crippen LogP contribution in [0.15, 0.2) is 31.7 Å². The summed E-state index contributed by atoms with van der Waals surface area (Å²) in [7, 11) is 0. The molecule has 0 fully saturated rings. The van der Waals surface area contributed by atoms with E-state index in [-0.39, 0.29) is 0 Å². The first-order valence-corrected chi connectivity index (χ1v) is 6.30. The van der Waals surface area contributed by atoms with Gasteiger partial charge in [0.2, 0.25) is 0 Å². The summed E-state index contributed by atoms with van der Waals surface area (Å²) in [6.07, 6.45) is 3.27. The second kappa shape index (κ2) is 4.37. The van der Waals surface area contributed by atoms with Crippen molar-refractivity contribution < 1.29 is 0 Å². The lowest BCUT2D eigenvalue weighted by atomic mass is 10.6. The first-order valence-electron chi connectivity index (χ1n) is 3.81. The zero-order chi connectivity index (χ0) is 9.97. The molecule has 6 heteroatoms. The minimum Gasteiger partial charge on any atom is -0.244 e. The van der Waals surface area contributed by atoms with Crippen LogP contribution in [0.2, 0.25) is 0 Å². The molecular formula is C8H6BrN3S2. The van der Waals surface area contributed by atoms with E-state index in [1.807, 2.05) is 12.3 Å². The lowest BCUT2D eigenvalue weighted by molar-refractivity contribution is 1.02. The van der Waals surface area contributed by atoms with Gasteiger partial charge < -0.3 is 0 Å². The molecule has 0 unspecified atom stereocenters. The van der Waals surface area contributed by atoms with E-state index in [1.54, 1.807) is 29.3 Å². The Labute approximate surface area is 98.1 Å². The summed E-state index contributed by atoms with van der Waals surface area (Å²) in [5.74, 6) is 0. The van der Waals surface area contributed by atoms with Gasteiger partial charge in [-0.1, -0.05) is 0 Å². The molecule has 0 aliphatic carbocycles. The van der Waals surface area contributed by atoms with Crippen molar-refractivity contribution in [3.05, 3.63) is 28.1 Å². The van der Waals surface area contributed by atoms with Crippen LogP contribution in [0.1, 0.15) is 5.69 Å². The molecule has 0 atom stereocenters. The third-order valence-corrected chi connectivity index (χ3v) is 4.33. The van der Waals surface area contributed by atoms with Gasteiger partial charge in [-0.05, 0) is 34.6 Å². The highest BCUT2D eigenvalue weighted by Gasteiger charge is 2.06. The van der Waals surface area contributed by atoms with Gasteiger partial charge in [0.25, 0.3) is 0 Å². The van der Waals surface area contributed by atoms with Crippen LogP contribution in [0.25, 0.3) is 0 Å². The van der Waals surface area contributed by atoms with Gasteiger partial charge >= 0.3 is 0 Å². The second-order valence-corrected chi connectivity index (χ2v) is 5.48. The van der Waals surface area contributed by atoms with Gasteiger partial charge in [0.1, 0.15) is 11.4 Å². The van der Waals surface area contributed by atoms with E-state index in [4.69, 9.17) is 0 Å². The van der Waals surface area contributed by atoms with Crippen molar-refractivity contribution >= 4 is 39.0 Å². The lowest BCUT2D eigenvalue weighted by Gasteiger charge is -1.97. The summed E-state index contributed by atoms with van der Waals surface area (Å²) < 4.78 is 1.90. The lowest BCUT2D eigenvalue weighted by Crippen LogP contribution is -1.83. The molecule has 0 bridgehead atoms. The van der Waals surface area contributed by atoms with E-state index in [0.29, 0.717) is 0 Å². The van der Waals surface area contributed by atoms with E-state index in [9.17, 15) is 0 Å². The Bertz CT molecular complexity index is 444. The number of halogens is 1. The molecule has 0 aromatic carbocycles. The fourth-order valence-corrected chi connectivity index (χ4v) is 3.00. The molecule has 0 spiro atoms. The molecule has 2 heterocycles. The monoisotopic (exact) mass is 287 g/mol. The first-order chi connectivity index (χ1) is 6.75. The molecule has 0 aliphatic heterocycles. The topological polar surface area (TPSA) is 38.7 Å². The Kier molecular flexibility index (Phi) is 3.15. The number of thiazole rings is 1. The van der Waals surface area contributed by atoms with Crippen molar-refractivity contribution in [2.45, 2.75) is 16.3 Å². The SMILES string of the molecule is Cc1csc(Sc2ncncc2Br)n1. The largest absolute Gasteiger partial charge is 0.244 e. The summed E-state index contributed by atoms with van der Waals surface area (Å²) >= 11 is 6.56. The third-order valence-electron chi connectivity index (χ3n) is 1.42. The smallest absolute Gasteiger partial charge is 0.156 e. The first kappa shape index (κ1) is 10.1. The molecule has 0 radical (unpaired) electrons. The minimum absolute atomic E-state index is 0.898. The Morgan fingerprint density at radius 1 is 1.50 bits per heavy atom. The highest BCUT2D eigenvalue weighted by molar-refractivity contribution is 9.10. The van der Waals surface area contributed by atoms with Crippen molar-refractivity contribution in [3.8, 4) is 0 Å². The highest BCUT2D eigenvalue weighted by Crippen LogP contribution is 2.32. The van der Waals surface area contributed by atoms with Crippen molar-refractivity contribution in [2.24, 2.45) is 0 Å². The molecule has 14 heavy (non-hydrogen) atoms. The van der Waals surface area contributed by atoms with Crippen LogP contribution in [0.4, 0.5) is 0 Å². The molecule has 0 saturated heterocycles. The molecule has 0 N–H and O–H groups in total. The average molecular weight is 288 g/mol. The van der Waals surface area contributed by atoms with Crippen LogP contribution in [0.5, 0.6) is 0 Å².